The Morgan fingerprint density at radius 3 is 1.81 bits per heavy atom. The van der Waals surface area contributed by atoms with Gasteiger partial charge >= 0.3 is 0 Å². The van der Waals surface area contributed by atoms with E-state index in [0.717, 1.165) is 11.4 Å². The minimum absolute atomic E-state index is 0.407. The molecular weight excluding hydrogens is 579 g/mol. The first kappa shape index (κ1) is 27.2. The molecule has 0 radical (unpaired) electrons. The number of aryl methyl sites for hydroxylation is 2. The Kier molecular flexibility index (Phi) is 5.69. The summed E-state index contributed by atoms with van der Waals surface area (Å²) in [4.78, 5) is 2.40. The van der Waals surface area contributed by atoms with Gasteiger partial charge in [-0.2, -0.15) is 0 Å². The van der Waals surface area contributed by atoms with Crippen LogP contribution in [0, 0.1) is 13.8 Å². The van der Waals surface area contributed by atoms with Gasteiger partial charge in [-0.15, -0.1) is 0 Å². The number of rotatable bonds is 3. The van der Waals surface area contributed by atoms with Gasteiger partial charge < -0.3 is 4.90 Å². The molecular formula is C47H33N. The van der Waals surface area contributed by atoms with Crippen molar-refractivity contribution in [2.45, 2.75) is 19.3 Å². The molecule has 1 nitrogen and oxygen atoms in total. The molecule has 0 saturated carbocycles. The molecule has 2 aliphatic rings. The topological polar surface area (TPSA) is 3.24 Å². The highest BCUT2D eigenvalue weighted by Crippen LogP contribution is 2.64. The molecule has 2 aliphatic carbocycles. The number of anilines is 3. The molecule has 0 bridgehead atoms. The van der Waals surface area contributed by atoms with Gasteiger partial charge in [-0.05, 0) is 128 Å². The van der Waals surface area contributed by atoms with E-state index in [-0.39, 0.29) is 0 Å². The van der Waals surface area contributed by atoms with Gasteiger partial charge in [0.15, 0.2) is 0 Å². The van der Waals surface area contributed by atoms with Crippen LogP contribution in [-0.4, -0.2) is 0 Å². The third kappa shape index (κ3) is 3.62. The van der Waals surface area contributed by atoms with Crippen LogP contribution >= 0.6 is 0 Å². The van der Waals surface area contributed by atoms with Crippen molar-refractivity contribution in [2.75, 3.05) is 4.90 Å². The maximum absolute atomic E-state index is 2.47. The zero-order valence-electron chi connectivity index (χ0n) is 27.0. The lowest BCUT2D eigenvalue weighted by molar-refractivity contribution is 0.802. The Morgan fingerprint density at radius 2 is 1.08 bits per heavy atom. The summed E-state index contributed by atoms with van der Waals surface area (Å²) < 4.78 is 0. The Hall–Kier alpha value is -5.92. The number of fused-ring (bicyclic) bond motifs is 13. The number of hydrogen-bond acceptors (Lipinski definition) is 1. The van der Waals surface area contributed by atoms with Crippen LogP contribution in [0.2, 0.25) is 0 Å². The van der Waals surface area contributed by atoms with Gasteiger partial charge in [0.1, 0.15) is 0 Å². The van der Waals surface area contributed by atoms with Gasteiger partial charge in [0.05, 0.1) is 5.41 Å². The second kappa shape index (κ2) is 10.0. The summed E-state index contributed by atoms with van der Waals surface area (Å²) >= 11 is 0. The lowest BCUT2D eigenvalue weighted by Crippen LogP contribution is -2.26. The zero-order valence-corrected chi connectivity index (χ0v) is 27.0. The van der Waals surface area contributed by atoms with Gasteiger partial charge in [-0.3, -0.25) is 0 Å². The predicted octanol–water partition coefficient (Wildman–Crippen LogP) is 12.4. The van der Waals surface area contributed by atoms with E-state index in [1.807, 2.05) is 0 Å². The Morgan fingerprint density at radius 1 is 0.417 bits per heavy atom. The summed E-state index contributed by atoms with van der Waals surface area (Å²) in [5.74, 6) is 0. The van der Waals surface area contributed by atoms with Gasteiger partial charge in [0.2, 0.25) is 0 Å². The van der Waals surface area contributed by atoms with E-state index in [1.165, 1.54) is 82.9 Å². The molecule has 0 N–H and O–H groups in total. The molecule has 0 aromatic heterocycles. The van der Waals surface area contributed by atoms with Crippen molar-refractivity contribution in [1.82, 2.24) is 0 Å². The number of benzene rings is 8. The van der Waals surface area contributed by atoms with Crippen LogP contribution < -0.4 is 4.90 Å². The molecule has 8 aromatic rings. The fourth-order valence-electron chi connectivity index (χ4n) is 8.85. The van der Waals surface area contributed by atoms with Crippen LogP contribution in [-0.2, 0) is 5.41 Å². The molecule has 1 spiro atoms. The van der Waals surface area contributed by atoms with Gasteiger partial charge in [-0.25, -0.2) is 0 Å². The average Bonchev–Trinajstić information content (AvgIpc) is 3.59. The molecule has 0 atom stereocenters. The highest BCUT2D eigenvalue weighted by atomic mass is 15.1. The summed E-state index contributed by atoms with van der Waals surface area (Å²) in [6.45, 7) is 4.38. The third-order valence-electron chi connectivity index (χ3n) is 10.8. The first-order valence-electron chi connectivity index (χ1n) is 16.9. The monoisotopic (exact) mass is 611 g/mol. The molecule has 0 unspecified atom stereocenters. The second-order valence-corrected chi connectivity index (χ2v) is 13.4. The first-order valence-corrected chi connectivity index (χ1v) is 16.9. The Balaban J connectivity index is 1.29. The van der Waals surface area contributed by atoms with E-state index in [2.05, 4.69) is 183 Å². The molecule has 0 fully saturated rings. The summed E-state index contributed by atoms with van der Waals surface area (Å²) in [6, 6.07) is 61.2. The summed E-state index contributed by atoms with van der Waals surface area (Å²) in [7, 11) is 0. The summed E-state index contributed by atoms with van der Waals surface area (Å²) in [5.41, 5.74) is 16.5. The van der Waals surface area contributed by atoms with E-state index >= 15 is 0 Å². The maximum atomic E-state index is 2.47. The molecule has 0 saturated heterocycles. The van der Waals surface area contributed by atoms with Crippen molar-refractivity contribution in [1.29, 1.82) is 0 Å². The largest absolute Gasteiger partial charge is 0.310 e. The molecule has 48 heavy (non-hydrogen) atoms. The van der Waals surface area contributed by atoms with Crippen molar-refractivity contribution in [3.8, 4) is 22.3 Å². The SMILES string of the molecule is Cc1ccc(N(c2ccccc2)c2ccc3c4c(ccc3c2)-c2cc3ccccc3cc2C42c3ccccc3-c3ccccc32)c(C)c1. The first-order chi connectivity index (χ1) is 23.6. The minimum Gasteiger partial charge on any atom is -0.310 e. The molecule has 10 rings (SSSR count). The number of nitrogens with zero attached hydrogens (tertiary/aromatic N) is 1. The third-order valence-corrected chi connectivity index (χ3v) is 10.8. The zero-order chi connectivity index (χ0) is 32.0. The number of hydrogen-bond donors (Lipinski definition) is 0. The lowest BCUT2D eigenvalue weighted by atomic mass is 9.69. The van der Waals surface area contributed by atoms with Crippen LogP contribution in [0.25, 0.3) is 43.8 Å². The van der Waals surface area contributed by atoms with Crippen LogP contribution in [0.1, 0.15) is 33.4 Å². The van der Waals surface area contributed by atoms with Gasteiger partial charge in [-0.1, -0.05) is 127 Å². The average molecular weight is 612 g/mol. The molecule has 8 aromatic carbocycles. The molecule has 0 aliphatic heterocycles. The van der Waals surface area contributed by atoms with Crippen LogP contribution in [0.3, 0.4) is 0 Å². The summed E-state index contributed by atoms with van der Waals surface area (Å²) in [6.07, 6.45) is 0. The molecule has 1 heteroatoms. The normalized spacial score (nSPS) is 13.4. The van der Waals surface area contributed by atoms with Crippen molar-refractivity contribution in [3.63, 3.8) is 0 Å². The highest BCUT2D eigenvalue weighted by Gasteiger charge is 2.52. The smallest absolute Gasteiger partial charge is 0.0731 e. The van der Waals surface area contributed by atoms with Gasteiger partial charge in [0.25, 0.3) is 0 Å². The predicted molar refractivity (Wildman–Crippen MR) is 202 cm³/mol. The maximum Gasteiger partial charge on any atom is 0.0731 e. The van der Waals surface area contributed by atoms with Crippen molar-refractivity contribution < 1.29 is 0 Å². The lowest BCUT2D eigenvalue weighted by Gasteiger charge is -2.32. The van der Waals surface area contributed by atoms with Crippen LogP contribution in [0.5, 0.6) is 0 Å². The fraction of sp³-hybridized carbons (Fsp3) is 0.0638. The standard InChI is InChI=1S/C47H33N/c1-30-20-25-45(31(2)26-30)48(35-14-4-3-5-15-35)36-22-24-37-34(27-36)21-23-40-41-28-32-12-6-7-13-33(32)29-44(41)47(46(37)40)42-18-10-8-16-38(42)39-17-9-11-19-43(39)47/h3-29H,1-2H3. The summed E-state index contributed by atoms with van der Waals surface area (Å²) in [5, 5.41) is 5.11. The van der Waals surface area contributed by atoms with Gasteiger partial charge in [0, 0.05) is 17.1 Å². The van der Waals surface area contributed by atoms with E-state index in [4.69, 9.17) is 0 Å². The Labute approximate surface area is 281 Å². The molecule has 0 amide bonds. The van der Waals surface area contributed by atoms with Crippen LogP contribution in [0.15, 0.2) is 164 Å². The highest BCUT2D eigenvalue weighted by molar-refractivity contribution is 6.07. The molecule has 0 heterocycles. The van der Waals surface area contributed by atoms with E-state index < -0.39 is 5.41 Å². The number of para-hydroxylation sites is 1. The van der Waals surface area contributed by atoms with Crippen molar-refractivity contribution >= 4 is 38.6 Å². The minimum atomic E-state index is -0.407. The van der Waals surface area contributed by atoms with E-state index in [9.17, 15) is 0 Å². The second-order valence-electron chi connectivity index (χ2n) is 13.4. The Bertz CT molecular complexity index is 2550. The van der Waals surface area contributed by atoms with Crippen LogP contribution in [0.4, 0.5) is 17.1 Å². The van der Waals surface area contributed by atoms with E-state index in [1.54, 1.807) is 0 Å². The fourth-order valence-corrected chi connectivity index (χ4v) is 8.85. The van der Waals surface area contributed by atoms with E-state index in [0.29, 0.717) is 0 Å². The van der Waals surface area contributed by atoms with Crippen molar-refractivity contribution in [2.24, 2.45) is 0 Å². The molecule has 226 valence electrons. The quantitative estimate of drug-likeness (QED) is 0.192. The van der Waals surface area contributed by atoms with Crippen molar-refractivity contribution in [3.05, 3.63) is 197 Å².